The molecule has 0 bridgehead atoms. The van der Waals surface area contributed by atoms with E-state index in [1.807, 2.05) is 27.7 Å². The Morgan fingerprint density at radius 2 is 0.938 bits per heavy atom. The Bertz CT molecular complexity index is 1100. The summed E-state index contributed by atoms with van der Waals surface area (Å²) < 4.78 is 68.4. The number of hydrogen-bond donors (Lipinski definition) is 0. The van der Waals surface area contributed by atoms with E-state index in [9.17, 15) is 16.8 Å². The molecule has 2 fully saturated rings. The molecule has 0 spiro atoms. The summed E-state index contributed by atoms with van der Waals surface area (Å²) >= 11 is 0. The predicted octanol–water partition coefficient (Wildman–Crippen LogP) is 2.44. The van der Waals surface area contributed by atoms with Crippen LogP contribution in [0, 0.1) is 0 Å². The zero-order valence-electron chi connectivity index (χ0n) is 18.8. The van der Waals surface area contributed by atoms with Gasteiger partial charge in [-0.15, -0.1) is 0 Å². The van der Waals surface area contributed by atoms with Crippen molar-refractivity contribution in [2.75, 3.05) is 26.2 Å². The summed E-state index contributed by atoms with van der Waals surface area (Å²) in [5, 5.41) is 0.796. The molecule has 2 aromatic rings. The largest absolute Gasteiger partial charge is 0.373 e. The van der Waals surface area contributed by atoms with Crippen LogP contribution in [-0.4, -0.2) is 76.0 Å². The minimum Gasteiger partial charge on any atom is -0.373 e. The summed E-state index contributed by atoms with van der Waals surface area (Å²) in [6, 6.07) is 9.62. The van der Waals surface area contributed by atoms with Crippen LogP contribution >= 0.6 is 0 Å². The van der Waals surface area contributed by atoms with Crippen molar-refractivity contribution in [3.63, 3.8) is 0 Å². The molecule has 2 heterocycles. The molecule has 0 N–H and O–H groups in total. The molecular weight excluding hydrogens is 452 g/mol. The highest BCUT2D eigenvalue weighted by Gasteiger charge is 2.35. The Morgan fingerprint density at radius 3 is 1.25 bits per heavy atom. The molecule has 4 rings (SSSR count). The highest BCUT2D eigenvalue weighted by Crippen LogP contribution is 2.33. The van der Waals surface area contributed by atoms with Crippen molar-refractivity contribution >= 4 is 30.8 Å². The molecule has 0 saturated carbocycles. The van der Waals surface area contributed by atoms with Gasteiger partial charge in [0.2, 0.25) is 20.0 Å². The Morgan fingerprint density at radius 1 is 0.625 bits per heavy atom. The number of ether oxygens (including phenoxy) is 2. The average molecular weight is 483 g/mol. The Labute approximate surface area is 190 Å². The van der Waals surface area contributed by atoms with Gasteiger partial charge in [-0.1, -0.05) is 24.3 Å². The summed E-state index contributed by atoms with van der Waals surface area (Å²) in [7, 11) is -7.67. The smallest absolute Gasteiger partial charge is 0.243 e. The van der Waals surface area contributed by atoms with Crippen molar-refractivity contribution in [1.29, 1.82) is 0 Å². The summed E-state index contributed by atoms with van der Waals surface area (Å²) in [5.74, 6) is 0. The summed E-state index contributed by atoms with van der Waals surface area (Å²) in [6.07, 6.45) is -0.871. The molecular formula is C22H30N2O6S2. The summed E-state index contributed by atoms with van der Waals surface area (Å²) in [5.41, 5.74) is 0. The van der Waals surface area contributed by atoms with Gasteiger partial charge >= 0.3 is 0 Å². The number of rotatable bonds is 4. The minimum atomic E-state index is -3.83. The monoisotopic (exact) mass is 482 g/mol. The van der Waals surface area contributed by atoms with E-state index >= 15 is 0 Å². The molecule has 0 radical (unpaired) electrons. The molecule has 8 nitrogen and oxygen atoms in total. The van der Waals surface area contributed by atoms with Crippen LogP contribution in [0.4, 0.5) is 0 Å². The second-order valence-corrected chi connectivity index (χ2v) is 12.6. The van der Waals surface area contributed by atoms with Crippen LogP contribution in [0.2, 0.25) is 0 Å². The Hall–Kier alpha value is -1.56. The molecule has 0 aliphatic carbocycles. The second-order valence-electron chi connectivity index (χ2n) is 8.77. The van der Waals surface area contributed by atoms with E-state index in [-0.39, 0.29) is 60.4 Å². The average Bonchev–Trinajstić information content (AvgIpc) is 2.71. The fourth-order valence-electron chi connectivity index (χ4n) is 4.63. The van der Waals surface area contributed by atoms with E-state index in [0.717, 1.165) is 0 Å². The van der Waals surface area contributed by atoms with Gasteiger partial charge in [0.05, 0.1) is 34.2 Å². The molecule has 2 aromatic carbocycles. The van der Waals surface area contributed by atoms with Crippen molar-refractivity contribution in [3.05, 3.63) is 36.4 Å². The van der Waals surface area contributed by atoms with E-state index in [1.165, 1.54) is 20.7 Å². The zero-order chi connectivity index (χ0) is 23.3. The van der Waals surface area contributed by atoms with E-state index in [1.54, 1.807) is 24.3 Å². The topological polar surface area (TPSA) is 93.2 Å². The van der Waals surface area contributed by atoms with Gasteiger partial charge in [-0.25, -0.2) is 16.8 Å². The first kappa shape index (κ1) is 23.6. The lowest BCUT2D eigenvalue weighted by atomic mass is 10.1. The van der Waals surface area contributed by atoms with Gasteiger partial charge in [0, 0.05) is 37.0 Å². The first-order chi connectivity index (χ1) is 15.0. The number of morpholine rings is 2. The number of fused-ring (bicyclic) bond motifs is 1. The third kappa shape index (κ3) is 4.32. The second kappa shape index (κ2) is 8.66. The van der Waals surface area contributed by atoms with E-state index in [0.29, 0.717) is 10.8 Å². The SMILES string of the molecule is C[C@@H]1CN(S(=O)(=O)c2cccc3c(S(=O)(=O)N4C[C@H](C)O[C@@H](C)C4)cccc23)C[C@@H](C)O1. The lowest BCUT2D eigenvalue weighted by Gasteiger charge is -2.35. The van der Waals surface area contributed by atoms with Crippen molar-refractivity contribution < 1.29 is 26.3 Å². The molecule has 10 heteroatoms. The number of hydrogen-bond acceptors (Lipinski definition) is 6. The van der Waals surface area contributed by atoms with Crippen LogP contribution < -0.4 is 0 Å². The molecule has 32 heavy (non-hydrogen) atoms. The fraction of sp³-hybridized carbons (Fsp3) is 0.545. The predicted molar refractivity (Wildman–Crippen MR) is 121 cm³/mol. The summed E-state index contributed by atoms with van der Waals surface area (Å²) in [4.78, 5) is 0.217. The van der Waals surface area contributed by atoms with E-state index in [4.69, 9.17) is 9.47 Å². The summed E-state index contributed by atoms with van der Waals surface area (Å²) in [6.45, 7) is 8.39. The van der Waals surface area contributed by atoms with Gasteiger partial charge in [-0.2, -0.15) is 8.61 Å². The number of sulfonamides is 2. The molecule has 0 amide bonds. The maximum Gasteiger partial charge on any atom is 0.243 e. The molecule has 2 aliphatic heterocycles. The third-order valence-electron chi connectivity index (χ3n) is 5.85. The lowest BCUT2D eigenvalue weighted by Crippen LogP contribution is -2.48. The molecule has 0 unspecified atom stereocenters. The van der Waals surface area contributed by atoms with Gasteiger partial charge in [-0.05, 0) is 39.8 Å². The number of nitrogens with zero attached hydrogens (tertiary/aromatic N) is 2. The maximum absolute atomic E-state index is 13.5. The van der Waals surface area contributed by atoms with Crippen LogP contribution in [0.15, 0.2) is 46.2 Å². The zero-order valence-corrected chi connectivity index (χ0v) is 20.4. The van der Waals surface area contributed by atoms with Gasteiger partial charge in [0.1, 0.15) is 0 Å². The van der Waals surface area contributed by atoms with Crippen LogP contribution in [0.1, 0.15) is 27.7 Å². The Kier molecular flexibility index (Phi) is 6.38. The minimum absolute atomic E-state index is 0.108. The molecule has 2 saturated heterocycles. The van der Waals surface area contributed by atoms with Crippen LogP contribution in [-0.2, 0) is 29.5 Å². The first-order valence-electron chi connectivity index (χ1n) is 10.8. The van der Waals surface area contributed by atoms with Gasteiger partial charge < -0.3 is 9.47 Å². The lowest BCUT2D eigenvalue weighted by molar-refractivity contribution is -0.0442. The van der Waals surface area contributed by atoms with Crippen LogP contribution in [0.3, 0.4) is 0 Å². The molecule has 4 atom stereocenters. The van der Waals surface area contributed by atoms with Gasteiger partial charge in [0.25, 0.3) is 0 Å². The van der Waals surface area contributed by atoms with Crippen LogP contribution in [0.5, 0.6) is 0 Å². The normalized spacial score (nSPS) is 28.8. The molecule has 176 valence electrons. The van der Waals surface area contributed by atoms with Crippen molar-refractivity contribution in [3.8, 4) is 0 Å². The fourth-order valence-corrected chi connectivity index (χ4v) is 8.23. The standard InChI is InChI=1S/C22H30N2O6S2/c1-15-11-23(12-16(2)29-15)31(25,26)21-9-5-8-20-19(21)7-6-10-22(20)32(27,28)24-13-17(3)30-18(4)14-24/h5-10,15-18H,11-14H2,1-4H3/t15-,16-,17+,18+. The third-order valence-corrected chi connectivity index (χ3v) is 9.63. The van der Waals surface area contributed by atoms with Crippen molar-refractivity contribution in [2.45, 2.75) is 61.9 Å². The van der Waals surface area contributed by atoms with E-state index < -0.39 is 20.0 Å². The Balaban J connectivity index is 1.80. The van der Waals surface area contributed by atoms with Crippen molar-refractivity contribution in [1.82, 2.24) is 8.61 Å². The van der Waals surface area contributed by atoms with Crippen LogP contribution in [0.25, 0.3) is 10.8 Å². The molecule has 0 aromatic heterocycles. The van der Waals surface area contributed by atoms with E-state index in [2.05, 4.69) is 0 Å². The quantitative estimate of drug-likeness (QED) is 0.665. The maximum atomic E-state index is 13.5. The first-order valence-corrected chi connectivity index (χ1v) is 13.7. The highest BCUT2D eigenvalue weighted by atomic mass is 32.2. The highest BCUT2D eigenvalue weighted by molar-refractivity contribution is 7.89. The van der Waals surface area contributed by atoms with Gasteiger partial charge in [-0.3, -0.25) is 0 Å². The molecule has 2 aliphatic rings. The van der Waals surface area contributed by atoms with Gasteiger partial charge in [0.15, 0.2) is 0 Å². The van der Waals surface area contributed by atoms with Crippen molar-refractivity contribution in [2.24, 2.45) is 0 Å². The number of benzene rings is 2.